The maximum absolute atomic E-state index is 13.8. The topological polar surface area (TPSA) is 63.7 Å². The number of allylic oxidation sites excluding steroid dienone is 1. The summed E-state index contributed by atoms with van der Waals surface area (Å²) in [5.41, 5.74) is 0.988. The number of rotatable bonds is 5. The first-order valence-electron chi connectivity index (χ1n) is 8.35. The zero-order valence-electron chi connectivity index (χ0n) is 15.0. The minimum absolute atomic E-state index is 0.174. The van der Waals surface area contributed by atoms with E-state index in [-0.39, 0.29) is 6.42 Å². The predicted octanol–water partition coefficient (Wildman–Crippen LogP) is 2.50. The second-order valence-electron chi connectivity index (χ2n) is 6.41. The lowest BCUT2D eigenvalue weighted by atomic mass is 9.80. The van der Waals surface area contributed by atoms with E-state index in [4.69, 9.17) is 4.74 Å². The van der Waals surface area contributed by atoms with Gasteiger partial charge < -0.3 is 9.64 Å². The van der Waals surface area contributed by atoms with Crippen LogP contribution < -0.4 is 5.48 Å². The number of carbonyl (C=O) groups excluding carboxylic acids is 1. The first kappa shape index (κ1) is 19.4. The zero-order chi connectivity index (χ0) is 19.7. The number of amides is 1. The molecule has 146 valence electrons. The van der Waals surface area contributed by atoms with Crippen LogP contribution in [0.15, 0.2) is 47.4 Å². The molecule has 6 nitrogen and oxygen atoms in total. The molecule has 1 aromatic heterocycles. The molecule has 27 heavy (non-hydrogen) atoms. The molecule has 9 heteroatoms. The van der Waals surface area contributed by atoms with Crippen molar-refractivity contribution in [2.24, 2.45) is 0 Å². The summed E-state index contributed by atoms with van der Waals surface area (Å²) in [6, 6.07) is 3.64. The molecule has 1 N–H and O–H groups in total. The Kier molecular flexibility index (Phi) is 5.25. The summed E-state index contributed by atoms with van der Waals surface area (Å²) in [7, 11) is 2.27. The number of methoxy groups -OCH3 is 1. The van der Waals surface area contributed by atoms with Crippen LogP contribution in [0.1, 0.15) is 18.4 Å². The van der Waals surface area contributed by atoms with Gasteiger partial charge in [0.1, 0.15) is 0 Å². The summed E-state index contributed by atoms with van der Waals surface area (Å²) in [4.78, 5) is 22.8. The Bertz CT molecular complexity index is 777. The minimum atomic E-state index is -4.73. The van der Waals surface area contributed by atoms with E-state index in [2.05, 4.69) is 9.82 Å². The molecule has 3 rings (SSSR count). The average molecular weight is 383 g/mol. The standard InChI is InChI=1S/C18H20F3N3O3/c1-26-17(16(25)23-27-2)10-13-5-8-24(11-12-3-6-22-7-4-12)14(13)9-15(17)18(19,20)21/h3-4,6-7,9H,5,8,10-11H2,1-2H3,(H,23,25). The van der Waals surface area contributed by atoms with Gasteiger partial charge in [0, 0.05) is 44.7 Å². The lowest BCUT2D eigenvalue weighted by molar-refractivity contribution is -0.164. The third-order valence-corrected chi connectivity index (χ3v) is 4.90. The summed E-state index contributed by atoms with van der Waals surface area (Å²) in [5, 5.41) is 0. The number of hydrogen-bond acceptors (Lipinski definition) is 5. The normalized spacial score (nSPS) is 22.6. The summed E-state index contributed by atoms with van der Waals surface area (Å²) < 4.78 is 46.6. The highest BCUT2D eigenvalue weighted by atomic mass is 19.4. The van der Waals surface area contributed by atoms with Gasteiger partial charge in [0.25, 0.3) is 5.91 Å². The van der Waals surface area contributed by atoms with Gasteiger partial charge in [-0.2, -0.15) is 13.2 Å². The third-order valence-electron chi connectivity index (χ3n) is 4.90. The van der Waals surface area contributed by atoms with Crippen LogP contribution in [0.2, 0.25) is 0 Å². The van der Waals surface area contributed by atoms with Crippen molar-refractivity contribution in [1.82, 2.24) is 15.4 Å². The molecule has 1 aliphatic heterocycles. The monoisotopic (exact) mass is 383 g/mol. The first-order chi connectivity index (χ1) is 12.8. The van der Waals surface area contributed by atoms with Gasteiger partial charge in [-0.05, 0) is 35.8 Å². The third kappa shape index (κ3) is 3.57. The Labute approximate surface area is 154 Å². The van der Waals surface area contributed by atoms with Crippen LogP contribution in [0.3, 0.4) is 0 Å². The van der Waals surface area contributed by atoms with Crippen molar-refractivity contribution in [2.75, 3.05) is 20.8 Å². The summed E-state index contributed by atoms with van der Waals surface area (Å²) >= 11 is 0. The van der Waals surface area contributed by atoms with Crippen molar-refractivity contribution in [3.05, 3.63) is 53.0 Å². The molecular weight excluding hydrogens is 363 g/mol. The van der Waals surface area contributed by atoms with Crippen molar-refractivity contribution in [1.29, 1.82) is 0 Å². The number of pyridine rings is 1. The number of hydroxylamine groups is 1. The van der Waals surface area contributed by atoms with Gasteiger partial charge in [0.2, 0.25) is 0 Å². The number of alkyl halides is 3. The van der Waals surface area contributed by atoms with Gasteiger partial charge in [-0.3, -0.25) is 14.6 Å². The summed E-state index contributed by atoms with van der Waals surface area (Å²) in [5.74, 6) is -0.977. The fraction of sp³-hybridized carbons (Fsp3) is 0.444. The molecule has 0 radical (unpaired) electrons. The second-order valence-corrected chi connectivity index (χ2v) is 6.41. The van der Waals surface area contributed by atoms with E-state index in [1.165, 1.54) is 0 Å². The number of carbonyl (C=O) groups is 1. The van der Waals surface area contributed by atoms with Crippen LogP contribution in [0.25, 0.3) is 0 Å². The Balaban J connectivity index is 1.98. The molecule has 0 bridgehead atoms. The highest BCUT2D eigenvalue weighted by Gasteiger charge is 2.56. The average Bonchev–Trinajstić information content (AvgIpc) is 3.02. The zero-order valence-corrected chi connectivity index (χ0v) is 15.0. The molecule has 1 unspecified atom stereocenters. The van der Waals surface area contributed by atoms with Gasteiger partial charge in [0.15, 0.2) is 5.60 Å². The number of aromatic nitrogens is 1. The number of hydrogen-bond donors (Lipinski definition) is 1. The molecule has 0 fully saturated rings. The number of nitrogens with zero attached hydrogens (tertiary/aromatic N) is 2. The summed E-state index contributed by atoms with van der Waals surface area (Å²) in [6.45, 7) is 1.04. The maximum atomic E-state index is 13.8. The fourth-order valence-corrected chi connectivity index (χ4v) is 3.60. The van der Waals surface area contributed by atoms with Crippen molar-refractivity contribution < 1.29 is 27.5 Å². The highest BCUT2D eigenvalue weighted by Crippen LogP contribution is 2.47. The molecule has 2 heterocycles. The largest absolute Gasteiger partial charge is 0.416 e. The van der Waals surface area contributed by atoms with Crippen molar-refractivity contribution >= 4 is 5.91 Å². The number of ether oxygens (including phenoxy) is 1. The van der Waals surface area contributed by atoms with E-state index in [0.29, 0.717) is 25.2 Å². The minimum Gasteiger partial charge on any atom is -0.367 e. The SMILES string of the molecule is CONC(=O)C1(OC)CC2=C(C=C1C(F)(F)F)N(Cc1ccncc1)CC2. The van der Waals surface area contributed by atoms with Crippen molar-refractivity contribution in [2.45, 2.75) is 31.2 Å². The predicted molar refractivity (Wildman–Crippen MR) is 89.9 cm³/mol. The van der Waals surface area contributed by atoms with E-state index in [1.807, 2.05) is 22.5 Å². The molecule has 0 saturated heterocycles. The number of nitrogens with one attached hydrogen (secondary N) is 1. The fourth-order valence-electron chi connectivity index (χ4n) is 3.60. The van der Waals surface area contributed by atoms with Gasteiger partial charge in [-0.15, -0.1) is 0 Å². The molecule has 0 saturated carbocycles. The second kappa shape index (κ2) is 7.32. The Hall–Kier alpha value is -2.39. The lowest BCUT2D eigenvalue weighted by Gasteiger charge is -2.37. The van der Waals surface area contributed by atoms with E-state index in [0.717, 1.165) is 31.4 Å². The van der Waals surface area contributed by atoms with Crippen LogP contribution in [0.5, 0.6) is 0 Å². The molecule has 0 aromatic carbocycles. The Morgan fingerprint density at radius 3 is 2.63 bits per heavy atom. The molecule has 2 aliphatic rings. The van der Waals surface area contributed by atoms with Gasteiger partial charge >= 0.3 is 6.18 Å². The highest BCUT2D eigenvalue weighted by molar-refractivity contribution is 5.89. The van der Waals surface area contributed by atoms with E-state index < -0.39 is 23.3 Å². The van der Waals surface area contributed by atoms with Crippen LogP contribution in [0.4, 0.5) is 13.2 Å². The van der Waals surface area contributed by atoms with Crippen molar-refractivity contribution in [3.63, 3.8) is 0 Å². The van der Waals surface area contributed by atoms with Crippen LogP contribution in [0, 0.1) is 0 Å². The first-order valence-corrected chi connectivity index (χ1v) is 8.35. The molecule has 0 spiro atoms. The smallest absolute Gasteiger partial charge is 0.367 e. The molecule has 1 aliphatic carbocycles. The van der Waals surface area contributed by atoms with Crippen LogP contribution >= 0.6 is 0 Å². The maximum Gasteiger partial charge on any atom is 0.416 e. The van der Waals surface area contributed by atoms with Gasteiger partial charge in [-0.1, -0.05) is 0 Å². The quantitative estimate of drug-likeness (QED) is 0.792. The van der Waals surface area contributed by atoms with E-state index >= 15 is 0 Å². The lowest BCUT2D eigenvalue weighted by Crippen LogP contribution is -2.54. The van der Waals surface area contributed by atoms with Crippen molar-refractivity contribution in [3.8, 4) is 0 Å². The van der Waals surface area contributed by atoms with Crippen LogP contribution in [-0.4, -0.2) is 48.3 Å². The number of halogens is 3. The Morgan fingerprint density at radius 1 is 1.33 bits per heavy atom. The molecule has 1 aromatic rings. The van der Waals surface area contributed by atoms with Gasteiger partial charge in [0.05, 0.1) is 12.7 Å². The molecular formula is C18H20F3N3O3. The molecule has 1 atom stereocenters. The summed E-state index contributed by atoms with van der Waals surface area (Å²) in [6.07, 6.45) is -0.0247. The van der Waals surface area contributed by atoms with E-state index in [9.17, 15) is 18.0 Å². The van der Waals surface area contributed by atoms with Crippen LogP contribution in [-0.2, 0) is 20.9 Å². The molecule has 1 amide bonds. The van der Waals surface area contributed by atoms with E-state index in [1.54, 1.807) is 12.4 Å². The van der Waals surface area contributed by atoms with Gasteiger partial charge in [-0.25, -0.2) is 5.48 Å². The Morgan fingerprint density at radius 2 is 2.04 bits per heavy atom.